The Balaban J connectivity index is 1.63. The van der Waals surface area contributed by atoms with Crippen LogP contribution in [0, 0.1) is 6.92 Å². The molecule has 0 saturated carbocycles. The molecule has 176 valence electrons. The lowest BCUT2D eigenvalue weighted by atomic mass is 10.1. The molecule has 0 bridgehead atoms. The number of carbonyl (C=O) groups is 2. The van der Waals surface area contributed by atoms with E-state index in [4.69, 9.17) is 4.74 Å². The van der Waals surface area contributed by atoms with Gasteiger partial charge in [-0.15, -0.1) is 0 Å². The third-order valence-electron chi connectivity index (χ3n) is 5.38. The summed E-state index contributed by atoms with van der Waals surface area (Å²) >= 11 is 3.45. The van der Waals surface area contributed by atoms with Crippen molar-refractivity contribution in [1.82, 2.24) is 0 Å². The topological polar surface area (TPSA) is 58.6 Å². The Bertz CT molecular complexity index is 1310. The molecule has 4 rings (SSSR count). The predicted octanol–water partition coefficient (Wildman–Crippen LogP) is 6.62. The molecule has 0 fully saturated rings. The molecule has 0 saturated heterocycles. The van der Waals surface area contributed by atoms with Crippen LogP contribution in [0.3, 0.4) is 0 Å². The third kappa shape index (κ3) is 6.58. The molecule has 0 heterocycles. The first-order valence-electron chi connectivity index (χ1n) is 11.2. The van der Waals surface area contributed by atoms with Gasteiger partial charge in [0, 0.05) is 10.2 Å². The summed E-state index contributed by atoms with van der Waals surface area (Å²) in [4.78, 5) is 28.3. The summed E-state index contributed by atoms with van der Waals surface area (Å²) < 4.78 is 6.69. The van der Waals surface area contributed by atoms with Crippen LogP contribution in [-0.2, 0) is 11.3 Å². The Morgan fingerprint density at radius 3 is 2.31 bits per heavy atom. The average Bonchev–Trinajstić information content (AvgIpc) is 2.87. The van der Waals surface area contributed by atoms with E-state index in [0.29, 0.717) is 29.2 Å². The van der Waals surface area contributed by atoms with Crippen molar-refractivity contribution in [1.29, 1.82) is 0 Å². The Labute approximate surface area is 213 Å². The van der Waals surface area contributed by atoms with Crippen LogP contribution in [0.4, 0.5) is 11.4 Å². The maximum atomic E-state index is 13.4. The maximum Gasteiger partial charge on any atom is 0.265 e. The van der Waals surface area contributed by atoms with Gasteiger partial charge in [0.1, 0.15) is 5.75 Å². The quantitative estimate of drug-likeness (QED) is 0.279. The summed E-state index contributed by atoms with van der Waals surface area (Å²) in [6, 6.07) is 31.6. The van der Waals surface area contributed by atoms with Crippen molar-refractivity contribution in [2.75, 3.05) is 16.8 Å². The number of halogens is 1. The van der Waals surface area contributed by atoms with Crippen molar-refractivity contribution < 1.29 is 14.3 Å². The molecule has 5 nitrogen and oxygen atoms in total. The molecule has 35 heavy (non-hydrogen) atoms. The second kappa shape index (κ2) is 11.5. The van der Waals surface area contributed by atoms with Crippen LogP contribution in [0.5, 0.6) is 5.75 Å². The molecule has 2 amide bonds. The number of anilines is 2. The second-order valence-electron chi connectivity index (χ2n) is 8.05. The predicted molar refractivity (Wildman–Crippen MR) is 143 cm³/mol. The van der Waals surface area contributed by atoms with E-state index in [1.165, 1.54) is 0 Å². The van der Waals surface area contributed by atoms with E-state index < -0.39 is 0 Å². The smallest absolute Gasteiger partial charge is 0.265 e. The fraction of sp³-hybridized carbons (Fsp3) is 0.103. The zero-order chi connectivity index (χ0) is 24.6. The average molecular weight is 529 g/mol. The van der Waals surface area contributed by atoms with E-state index in [-0.39, 0.29) is 18.4 Å². The number of aryl methyl sites for hydroxylation is 1. The van der Waals surface area contributed by atoms with Gasteiger partial charge in [0.2, 0.25) is 0 Å². The Morgan fingerprint density at radius 2 is 1.57 bits per heavy atom. The van der Waals surface area contributed by atoms with Gasteiger partial charge in [-0.05, 0) is 66.6 Å². The number of amides is 2. The molecule has 6 heteroatoms. The minimum Gasteiger partial charge on any atom is -0.484 e. The first-order valence-corrected chi connectivity index (χ1v) is 12.0. The molecule has 0 aliphatic rings. The van der Waals surface area contributed by atoms with Crippen LogP contribution in [0.15, 0.2) is 108 Å². The van der Waals surface area contributed by atoms with Gasteiger partial charge in [-0.3, -0.25) is 9.59 Å². The molecule has 0 unspecified atom stereocenters. The maximum absolute atomic E-state index is 13.4. The van der Waals surface area contributed by atoms with Gasteiger partial charge in [-0.25, -0.2) is 0 Å². The first kappa shape index (κ1) is 24.2. The molecule has 1 N–H and O–H groups in total. The Hall–Kier alpha value is -3.90. The highest BCUT2D eigenvalue weighted by Gasteiger charge is 2.23. The fourth-order valence-electron chi connectivity index (χ4n) is 3.64. The van der Waals surface area contributed by atoms with Crippen LogP contribution >= 0.6 is 15.9 Å². The number of nitrogens with one attached hydrogen (secondary N) is 1. The van der Waals surface area contributed by atoms with E-state index >= 15 is 0 Å². The minimum atomic E-state index is -0.288. The largest absolute Gasteiger partial charge is 0.484 e. The number of hydrogen-bond acceptors (Lipinski definition) is 3. The van der Waals surface area contributed by atoms with Gasteiger partial charge >= 0.3 is 0 Å². The van der Waals surface area contributed by atoms with Crippen molar-refractivity contribution in [3.8, 4) is 5.75 Å². The second-order valence-corrected chi connectivity index (χ2v) is 8.96. The van der Waals surface area contributed by atoms with Crippen molar-refractivity contribution in [2.24, 2.45) is 0 Å². The van der Waals surface area contributed by atoms with Crippen LogP contribution < -0.4 is 15.0 Å². The number of nitrogens with zero attached hydrogens (tertiary/aromatic N) is 1. The Morgan fingerprint density at radius 1 is 0.857 bits per heavy atom. The lowest BCUT2D eigenvalue weighted by Crippen LogP contribution is -2.36. The fourth-order valence-corrected chi connectivity index (χ4v) is 3.91. The SMILES string of the molecule is Cc1cccc(NC(=O)c2ccccc2N(Cc2ccc(Br)cc2)C(=O)COc2ccccc2)c1. The molecule has 4 aromatic carbocycles. The minimum absolute atomic E-state index is 0.158. The zero-order valence-electron chi connectivity index (χ0n) is 19.3. The highest BCUT2D eigenvalue weighted by Crippen LogP contribution is 2.25. The van der Waals surface area contributed by atoms with Gasteiger partial charge < -0.3 is 15.0 Å². The summed E-state index contributed by atoms with van der Waals surface area (Å²) in [5, 5.41) is 2.95. The number of ether oxygens (including phenoxy) is 1. The molecule has 0 aromatic heterocycles. The van der Waals surface area contributed by atoms with Crippen molar-refractivity contribution in [3.05, 3.63) is 124 Å². The normalized spacial score (nSPS) is 10.5. The summed E-state index contributed by atoms with van der Waals surface area (Å²) in [7, 11) is 0. The van der Waals surface area contributed by atoms with Gasteiger partial charge in [0.05, 0.1) is 17.8 Å². The number of rotatable bonds is 8. The van der Waals surface area contributed by atoms with Gasteiger partial charge in [-0.1, -0.05) is 70.5 Å². The summed E-state index contributed by atoms with van der Waals surface area (Å²) in [5.41, 5.74) is 3.58. The monoisotopic (exact) mass is 528 g/mol. The molecular formula is C29H25BrN2O3. The molecule has 0 radical (unpaired) electrons. The van der Waals surface area contributed by atoms with Crippen molar-refractivity contribution in [3.63, 3.8) is 0 Å². The lowest BCUT2D eigenvalue weighted by Gasteiger charge is -2.25. The highest BCUT2D eigenvalue weighted by atomic mass is 79.9. The van der Waals surface area contributed by atoms with E-state index in [0.717, 1.165) is 15.6 Å². The van der Waals surface area contributed by atoms with Gasteiger partial charge in [-0.2, -0.15) is 0 Å². The van der Waals surface area contributed by atoms with Gasteiger partial charge in [0.25, 0.3) is 11.8 Å². The number of carbonyl (C=O) groups excluding carboxylic acids is 2. The highest BCUT2D eigenvalue weighted by molar-refractivity contribution is 9.10. The third-order valence-corrected chi connectivity index (χ3v) is 5.90. The van der Waals surface area contributed by atoms with Crippen LogP contribution in [-0.4, -0.2) is 18.4 Å². The molecule has 0 aliphatic heterocycles. The standard InChI is InChI=1S/C29H25BrN2O3/c1-21-8-7-9-24(18-21)31-29(34)26-12-5-6-13-27(26)32(19-22-14-16-23(30)17-15-22)28(33)20-35-25-10-3-2-4-11-25/h2-18H,19-20H2,1H3,(H,31,34). The van der Waals surface area contributed by atoms with E-state index in [1.54, 1.807) is 35.2 Å². The first-order chi connectivity index (χ1) is 17.0. The Kier molecular flexibility index (Phi) is 7.95. The molecular weight excluding hydrogens is 504 g/mol. The molecule has 4 aromatic rings. The summed E-state index contributed by atoms with van der Waals surface area (Å²) in [5.74, 6) is 0.0614. The van der Waals surface area contributed by atoms with Crippen molar-refractivity contribution in [2.45, 2.75) is 13.5 Å². The van der Waals surface area contributed by atoms with Gasteiger partial charge in [0.15, 0.2) is 6.61 Å². The zero-order valence-corrected chi connectivity index (χ0v) is 20.9. The molecule has 0 spiro atoms. The van der Waals surface area contributed by atoms with Crippen molar-refractivity contribution >= 4 is 39.1 Å². The number of para-hydroxylation sites is 2. The van der Waals surface area contributed by atoms with Crippen LogP contribution in [0.2, 0.25) is 0 Å². The van der Waals surface area contributed by atoms with Crippen LogP contribution in [0.1, 0.15) is 21.5 Å². The summed E-state index contributed by atoms with van der Waals surface area (Å²) in [6.45, 7) is 2.10. The number of benzene rings is 4. The van der Waals surface area contributed by atoms with E-state index in [1.807, 2.05) is 79.7 Å². The van der Waals surface area contributed by atoms with Crippen LogP contribution in [0.25, 0.3) is 0 Å². The summed E-state index contributed by atoms with van der Waals surface area (Å²) in [6.07, 6.45) is 0. The number of hydrogen-bond donors (Lipinski definition) is 1. The van der Waals surface area contributed by atoms with E-state index in [9.17, 15) is 9.59 Å². The van der Waals surface area contributed by atoms with E-state index in [2.05, 4.69) is 21.2 Å². The lowest BCUT2D eigenvalue weighted by molar-refractivity contribution is -0.120. The molecule has 0 atom stereocenters. The molecule has 0 aliphatic carbocycles.